The van der Waals surface area contributed by atoms with Gasteiger partial charge >= 0.3 is 0 Å². The lowest BCUT2D eigenvalue weighted by Crippen LogP contribution is -2.51. The van der Waals surface area contributed by atoms with Crippen LogP contribution in [-0.2, 0) is 0 Å². The number of nitrogens with zero attached hydrogens (tertiary/aromatic N) is 1. The van der Waals surface area contributed by atoms with E-state index in [-0.39, 0.29) is 11.6 Å². The molecule has 2 aromatic rings. The summed E-state index contributed by atoms with van der Waals surface area (Å²) >= 11 is 0. The molecule has 4 nitrogen and oxygen atoms in total. The molecule has 1 saturated heterocycles. The van der Waals surface area contributed by atoms with Gasteiger partial charge in [0.05, 0.1) is 12.2 Å². The number of aliphatic hydroxyl groups is 2. The van der Waals surface area contributed by atoms with E-state index in [9.17, 15) is 19.0 Å². The smallest absolute Gasteiger partial charge is 0.126 e. The molecule has 2 aliphatic rings. The quantitative estimate of drug-likeness (QED) is 0.864. The van der Waals surface area contributed by atoms with Crippen LogP contribution in [0.25, 0.3) is 0 Å². The number of hydrogen-bond donors (Lipinski definition) is 2. The van der Waals surface area contributed by atoms with E-state index in [4.69, 9.17) is 4.74 Å². The van der Waals surface area contributed by atoms with Crippen LogP contribution in [-0.4, -0.2) is 40.3 Å². The van der Waals surface area contributed by atoms with Gasteiger partial charge in [-0.05, 0) is 48.7 Å². The molecule has 0 radical (unpaired) electrons. The molecule has 0 saturated carbocycles. The van der Waals surface area contributed by atoms with E-state index < -0.39 is 17.8 Å². The van der Waals surface area contributed by atoms with Crippen LogP contribution in [0.2, 0.25) is 0 Å². The fourth-order valence-electron chi connectivity index (χ4n) is 4.09. The van der Waals surface area contributed by atoms with Crippen molar-refractivity contribution in [3.8, 4) is 5.75 Å². The maximum Gasteiger partial charge on any atom is 0.126 e. The van der Waals surface area contributed by atoms with Crippen molar-refractivity contribution in [1.82, 2.24) is 4.90 Å². The van der Waals surface area contributed by atoms with Gasteiger partial charge in [-0.15, -0.1) is 0 Å². The fraction of sp³-hybridized carbons (Fsp3) is 0.429. The Bertz CT molecular complexity index is 804. The molecule has 2 unspecified atom stereocenters. The number of halogens is 2. The number of ether oxygens (including phenoxy) is 1. The predicted octanol–water partition coefficient (Wildman–Crippen LogP) is 3.35. The molecule has 2 atom stereocenters. The molecule has 1 spiro atoms. The highest BCUT2D eigenvalue weighted by molar-refractivity contribution is 5.38. The second-order valence-electron chi connectivity index (χ2n) is 7.56. The molecule has 4 rings (SSSR count). The fourth-order valence-corrected chi connectivity index (χ4v) is 4.09. The minimum Gasteiger partial charge on any atom is -0.487 e. The highest BCUT2D eigenvalue weighted by Gasteiger charge is 2.43. The van der Waals surface area contributed by atoms with Gasteiger partial charge in [0.2, 0.25) is 0 Å². The molecule has 27 heavy (non-hydrogen) atoms. The van der Waals surface area contributed by atoms with Crippen molar-refractivity contribution in [2.75, 3.05) is 19.6 Å². The minimum absolute atomic E-state index is 0.320. The second-order valence-corrected chi connectivity index (χ2v) is 7.56. The largest absolute Gasteiger partial charge is 0.487 e. The van der Waals surface area contributed by atoms with Gasteiger partial charge in [0, 0.05) is 31.6 Å². The van der Waals surface area contributed by atoms with Crippen LogP contribution in [0.3, 0.4) is 0 Å². The molecule has 0 amide bonds. The molecule has 0 bridgehead atoms. The Labute approximate surface area is 157 Å². The average Bonchev–Trinajstić information content (AvgIpc) is 2.65. The predicted molar refractivity (Wildman–Crippen MR) is 96.4 cm³/mol. The van der Waals surface area contributed by atoms with E-state index in [0.29, 0.717) is 29.8 Å². The number of piperidine rings is 1. The van der Waals surface area contributed by atoms with Gasteiger partial charge in [0.1, 0.15) is 23.0 Å². The van der Waals surface area contributed by atoms with E-state index in [1.807, 2.05) is 0 Å². The first-order chi connectivity index (χ1) is 12.9. The molecular formula is C21H23F2NO3. The summed E-state index contributed by atoms with van der Waals surface area (Å²) in [5.74, 6) is -0.147. The zero-order chi connectivity index (χ0) is 19.0. The summed E-state index contributed by atoms with van der Waals surface area (Å²) in [5, 5.41) is 20.8. The van der Waals surface area contributed by atoms with Crippen molar-refractivity contribution in [3.63, 3.8) is 0 Å². The SMILES string of the molecule is OC(CN1CCC2(CC1)CC(O)c1cc(F)ccc1O2)c1ccc(F)cc1. The van der Waals surface area contributed by atoms with Crippen LogP contribution in [0.5, 0.6) is 5.75 Å². The van der Waals surface area contributed by atoms with Crippen molar-refractivity contribution >= 4 is 0 Å². The third-order valence-electron chi connectivity index (χ3n) is 5.68. The van der Waals surface area contributed by atoms with Gasteiger partial charge in [-0.1, -0.05) is 12.1 Å². The summed E-state index contributed by atoms with van der Waals surface area (Å²) in [4.78, 5) is 2.15. The van der Waals surface area contributed by atoms with Crippen LogP contribution in [0.4, 0.5) is 8.78 Å². The van der Waals surface area contributed by atoms with E-state index in [1.165, 1.54) is 24.3 Å². The highest BCUT2D eigenvalue weighted by Crippen LogP contribution is 2.44. The first kappa shape index (κ1) is 18.3. The molecule has 2 aromatic carbocycles. The Morgan fingerprint density at radius 2 is 1.74 bits per heavy atom. The number of hydrogen-bond acceptors (Lipinski definition) is 4. The molecule has 1 fully saturated rings. The molecule has 144 valence electrons. The molecular weight excluding hydrogens is 352 g/mol. The van der Waals surface area contributed by atoms with Crippen molar-refractivity contribution in [2.45, 2.75) is 37.1 Å². The lowest BCUT2D eigenvalue weighted by atomic mass is 9.81. The zero-order valence-electron chi connectivity index (χ0n) is 14.9. The summed E-state index contributed by atoms with van der Waals surface area (Å²) in [6.07, 6.45) is 0.466. The average molecular weight is 375 g/mol. The number of fused-ring (bicyclic) bond motifs is 1. The Kier molecular flexibility index (Phi) is 4.88. The summed E-state index contributed by atoms with van der Waals surface area (Å²) < 4.78 is 32.6. The Morgan fingerprint density at radius 1 is 1.07 bits per heavy atom. The topological polar surface area (TPSA) is 52.9 Å². The maximum absolute atomic E-state index is 13.4. The van der Waals surface area contributed by atoms with Crippen molar-refractivity contribution in [1.29, 1.82) is 0 Å². The minimum atomic E-state index is -0.735. The Morgan fingerprint density at radius 3 is 2.44 bits per heavy atom. The van der Waals surface area contributed by atoms with Crippen LogP contribution >= 0.6 is 0 Å². The van der Waals surface area contributed by atoms with Gasteiger partial charge in [0.15, 0.2) is 0 Å². The van der Waals surface area contributed by atoms with Crippen molar-refractivity contribution in [3.05, 3.63) is 65.2 Å². The summed E-state index contributed by atoms with van der Waals surface area (Å²) in [6, 6.07) is 10.2. The standard InChI is InChI=1S/C21H23F2NO3/c22-15-3-1-14(2-4-15)19(26)13-24-9-7-21(8-10-24)12-18(25)17-11-16(23)5-6-20(17)27-21/h1-6,11,18-19,25-26H,7-10,12-13H2. The van der Waals surface area contributed by atoms with Crippen LogP contribution in [0.15, 0.2) is 42.5 Å². The third-order valence-corrected chi connectivity index (χ3v) is 5.68. The lowest BCUT2D eigenvalue weighted by Gasteiger charge is -2.46. The van der Waals surface area contributed by atoms with Crippen molar-refractivity contribution < 1.29 is 23.7 Å². The van der Waals surface area contributed by atoms with Gasteiger partial charge < -0.3 is 19.8 Å². The summed E-state index contributed by atoms with van der Waals surface area (Å²) in [5.41, 5.74) is 0.744. The molecule has 6 heteroatoms. The number of rotatable bonds is 3. The second kappa shape index (κ2) is 7.19. The highest BCUT2D eigenvalue weighted by atomic mass is 19.1. The lowest BCUT2D eigenvalue weighted by molar-refractivity contribution is -0.0589. The number of benzene rings is 2. The van der Waals surface area contributed by atoms with Gasteiger partial charge in [-0.3, -0.25) is 0 Å². The van der Waals surface area contributed by atoms with Gasteiger partial charge in [-0.2, -0.15) is 0 Å². The van der Waals surface area contributed by atoms with Crippen LogP contribution in [0.1, 0.15) is 42.6 Å². The van der Waals surface area contributed by atoms with Gasteiger partial charge in [0.25, 0.3) is 0 Å². The van der Waals surface area contributed by atoms with Crippen LogP contribution < -0.4 is 4.74 Å². The normalized spacial score (nSPS) is 22.9. The molecule has 2 N–H and O–H groups in total. The third kappa shape index (κ3) is 3.83. The number of likely N-dealkylation sites (tertiary alicyclic amines) is 1. The first-order valence-electron chi connectivity index (χ1n) is 9.27. The van der Waals surface area contributed by atoms with Crippen LogP contribution in [0, 0.1) is 11.6 Å². The number of aliphatic hydroxyl groups excluding tert-OH is 2. The summed E-state index contributed by atoms with van der Waals surface area (Å²) in [7, 11) is 0. The first-order valence-corrected chi connectivity index (χ1v) is 9.27. The van der Waals surface area contributed by atoms with E-state index in [1.54, 1.807) is 18.2 Å². The summed E-state index contributed by atoms with van der Waals surface area (Å²) in [6.45, 7) is 1.91. The molecule has 2 aliphatic heterocycles. The molecule has 0 aromatic heterocycles. The van der Waals surface area contributed by atoms with Crippen molar-refractivity contribution in [2.24, 2.45) is 0 Å². The maximum atomic E-state index is 13.4. The monoisotopic (exact) mass is 375 g/mol. The van der Waals surface area contributed by atoms with E-state index >= 15 is 0 Å². The molecule has 2 heterocycles. The Hall–Kier alpha value is -2.02. The van der Waals surface area contributed by atoms with E-state index in [0.717, 1.165) is 25.9 Å². The molecule has 0 aliphatic carbocycles. The van der Waals surface area contributed by atoms with Gasteiger partial charge in [-0.25, -0.2) is 8.78 Å². The number of β-amino-alcohol motifs (C(OH)–C–C–N with tert-alkyl or cyclic N) is 1. The zero-order valence-corrected chi connectivity index (χ0v) is 14.9. The van der Waals surface area contributed by atoms with E-state index in [2.05, 4.69) is 4.90 Å². The Balaban J connectivity index is 1.39.